The van der Waals surface area contributed by atoms with Crippen LogP contribution in [0.2, 0.25) is 0 Å². The monoisotopic (exact) mass is 567 g/mol. The molecule has 6 heteroatoms. The molecule has 222 valence electrons. The fourth-order valence-electron chi connectivity index (χ4n) is 6.49. The molecule has 0 aliphatic heterocycles. The van der Waals surface area contributed by atoms with E-state index in [1.165, 1.54) is 5.56 Å². The second-order valence-electron chi connectivity index (χ2n) is 13.1. The number of fused-ring (bicyclic) bond motifs is 3. The van der Waals surface area contributed by atoms with Crippen LogP contribution < -0.4 is 16.4 Å². The Hall–Kier alpha value is -3.93. The first-order chi connectivity index (χ1) is 20.0. The van der Waals surface area contributed by atoms with Crippen molar-refractivity contribution in [3.63, 3.8) is 0 Å². The molecule has 1 atom stereocenters. The Morgan fingerprint density at radius 1 is 0.857 bits per heavy atom. The number of carbonyl (C=O) groups is 3. The van der Waals surface area contributed by atoms with Crippen LogP contribution in [-0.2, 0) is 15.0 Å². The van der Waals surface area contributed by atoms with Crippen LogP contribution in [0.4, 0.5) is 0 Å². The molecule has 4 N–H and O–H groups in total. The number of benzene rings is 3. The lowest BCUT2D eigenvalue weighted by Crippen LogP contribution is -2.53. The first-order valence-electron chi connectivity index (χ1n) is 15.0. The van der Waals surface area contributed by atoms with Crippen LogP contribution in [0.15, 0.2) is 78.9 Å². The van der Waals surface area contributed by atoms with Crippen molar-refractivity contribution in [2.75, 3.05) is 6.54 Å². The molecule has 2 bridgehead atoms. The molecule has 0 radical (unpaired) electrons. The predicted molar refractivity (Wildman–Crippen MR) is 169 cm³/mol. The summed E-state index contributed by atoms with van der Waals surface area (Å²) in [5.41, 5.74) is 9.23. The Bertz CT molecular complexity index is 1350. The minimum absolute atomic E-state index is 0.00528. The predicted octanol–water partition coefficient (Wildman–Crippen LogP) is 6.70. The van der Waals surface area contributed by atoms with Crippen LogP contribution in [0.5, 0.6) is 0 Å². The molecule has 3 saturated carbocycles. The second-order valence-corrected chi connectivity index (χ2v) is 13.1. The Balaban J connectivity index is 0.00000129. The van der Waals surface area contributed by atoms with E-state index >= 15 is 0 Å². The average Bonchev–Trinajstić information content (AvgIpc) is 3.01. The van der Waals surface area contributed by atoms with Crippen LogP contribution in [0, 0.1) is 10.8 Å². The Morgan fingerprint density at radius 2 is 1.40 bits per heavy atom. The van der Waals surface area contributed by atoms with Gasteiger partial charge in [0.25, 0.3) is 5.91 Å². The van der Waals surface area contributed by atoms with Gasteiger partial charge in [-0.25, -0.2) is 0 Å². The van der Waals surface area contributed by atoms with Gasteiger partial charge in [-0.1, -0.05) is 93.6 Å². The van der Waals surface area contributed by atoms with Gasteiger partial charge in [0.1, 0.15) is 0 Å². The van der Waals surface area contributed by atoms with Crippen LogP contribution in [-0.4, -0.2) is 24.8 Å². The molecule has 0 aromatic heterocycles. The van der Waals surface area contributed by atoms with Crippen molar-refractivity contribution >= 4 is 18.2 Å². The molecule has 1 unspecified atom stereocenters. The lowest BCUT2D eigenvalue weighted by Gasteiger charge is -2.52. The Labute approximate surface area is 250 Å². The fraction of sp³-hybridized carbons (Fsp3) is 0.417. The van der Waals surface area contributed by atoms with Crippen LogP contribution in [0.3, 0.4) is 0 Å². The maximum atomic E-state index is 13.4. The molecule has 6 rings (SSSR count). The minimum atomic E-state index is -0.263. The lowest BCUT2D eigenvalue weighted by molar-refractivity contribution is -0.141. The van der Waals surface area contributed by atoms with E-state index in [1.807, 2.05) is 42.5 Å². The topological polar surface area (TPSA) is 101 Å². The highest BCUT2D eigenvalue weighted by Gasteiger charge is 2.52. The third-order valence-electron chi connectivity index (χ3n) is 9.39. The van der Waals surface area contributed by atoms with Crippen molar-refractivity contribution in [2.24, 2.45) is 16.6 Å². The highest BCUT2D eigenvalue weighted by atomic mass is 16.2. The Morgan fingerprint density at radius 3 is 1.98 bits per heavy atom. The van der Waals surface area contributed by atoms with E-state index in [0.29, 0.717) is 12.1 Å². The average molecular weight is 568 g/mol. The normalized spacial score (nSPS) is 21.8. The first-order valence-corrected chi connectivity index (χ1v) is 15.0. The van der Waals surface area contributed by atoms with Gasteiger partial charge in [0, 0.05) is 17.5 Å². The zero-order valence-electron chi connectivity index (χ0n) is 25.4. The third kappa shape index (κ3) is 6.92. The first kappa shape index (κ1) is 31.0. The van der Waals surface area contributed by atoms with Gasteiger partial charge >= 0.3 is 0 Å². The summed E-state index contributed by atoms with van der Waals surface area (Å²) in [4.78, 5) is 35.4. The van der Waals surface area contributed by atoms with E-state index < -0.39 is 0 Å². The summed E-state index contributed by atoms with van der Waals surface area (Å²) in [6, 6.07) is 26.6. The highest BCUT2D eigenvalue weighted by molar-refractivity contribution is 6.00. The molecule has 3 aliphatic rings. The summed E-state index contributed by atoms with van der Waals surface area (Å²) in [5, 5.41) is 6.58. The Kier molecular flexibility index (Phi) is 9.55. The SMILES string of the molecule is CC(NC(=O)C12CCC(CNC(=O)c3ccccc3-c3ccc(C(C)(C)C)cc3)(CC1)CC2)c1ccccc1.NC=O. The van der Waals surface area contributed by atoms with E-state index in [9.17, 15) is 9.59 Å². The van der Waals surface area contributed by atoms with Gasteiger partial charge in [-0.3, -0.25) is 14.4 Å². The van der Waals surface area contributed by atoms with Gasteiger partial charge in [0.15, 0.2) is 0 Å². The summed E-state index contributed by atoms with van der Waals surface area (Å²) in [7, 11) is 0. The standard InChI is InChI=1S/C35H42N2O2.CH3NO/c1-25(26-10-6-5-7-11-26)37-32(39)35-21-18-34(19-22-35,20-23-35)24-36-31(38)30-13-9-8-12-29(30)27-14-16-28(17-15-27)33(2,3)4;2-1-3/h5-17,25H,18-24H2,1-4H3,(H,36,38)(H,37,39);1H,(H2,2,3). The van der Waals surface area contributed by atoms with E-state index in [2.05, 4.69) is 80.5 Å². The molecule has 0 spiro atoms. The summed E-state index contributed by atoms with van der Waals surface area (Å²) in [6.45, 7) is 9.36. The van der Waals surface area contributed by atoms with E-state index in [4.69, 9.17) is 4.79 Å². The van der Waals surface area contributed by atoms with Gasteiger partial charge in [-0.2, -0.15) is 0 Å². The summed E-state index contributed by atoms with van der Waals surface area (Å²) in [5.74, 6) is 0.180. The van der Waals surface area contributed by atoms with Crippen molar-refractivity contribution in [3.05, 3.63) is 95.6 Å². The highest BCUT2D eigenvalue weighted by Crippen LogP contribution is 2.56. The van der Waals surface area contributed by atoms with Crippen LogP contribution >= 0.6 is 0 Å². The number of nitrogens with two attached hydrogens (primary N) is 1. The van der Waals surface area contributed by atoms with Crippen molar-refractivity contribution < 1.29 is 14.4 Å². The minimum Gasteiger partial charge on any atom is -0.372 e. The molecule has 3 aromatic carbocycles. The zero-order chi connectivity index (χ0) is 30.4. The van der Waals surface area contributed by atoms with Crippen LogP contribution in [0.1, 0.15) is 93.7 Å². The van der Waals surface area contributed by atoms with Crippen molar-refractivity contribution in [1.82, 2.24) is 10.6 Å². The number of carbonyl (C=O) groups excluding carboxylic acids is 3. The molecule has 3 amide bonds. The zero-order valence-corrected chi connectivity index (χ0v) is 25.4. The van der Waals surface area contributed by atoms with Gasteiger partial charge in [-0.15, -0.1) is 0 Å². The van der Waals surface area contributed by atoms with Gasteiger partial charge < -0.3 is 16.4 Å². The summed E-state index contributed by atoms with van der Waals surface area (Å²) >= 11 is 0. The third-order valence-corrected chi connectivity index (χ3v) is 9.39. The molecular weight excluding hydrogens is 522 g/mol. The van der Waals surface area contributed by atoms with Gasteiger partial charge in [-0.05, 0) is 84.6 Å². The van der Waals surface area contributed by atoms with E-state index in [0.717, 1.165) is 55.2 Å². The number of nitrogens with one attached hydrogen (secondary N) is 2. The summed E-state index contributed by atoms with van der Waals surface area (Å²) < 4.78 is 0. The molecule has 0 saturated heterocycles. The molecule has 3 aromatic rings. The smallest absolute Gasteiger partial charge is 0.251 e. The maximum absolute atomic E-state index is 13.4. The summed E-state index contributed by atoms with van der Waals surface area (Å²) in [6.07, 6.45) is 5.88. The molecule has 6 nitrogen and oxygen atoms in total. The van der Waals surface area contributed by atoms with Crippen molar-refractivity contribution in [3.8, 4) is 11.1 Å². The number of rotatable bonds is 7. The fourth-order valence-corrected chi connectivity index (χ4v) is 6.49. The van der Waals surface area contributed by atoms with Crippen LogP contribution in [0.25, 0.3) is 11.1 Å². The molecular formula is C36H45N3O3. The van der Waals surface area contributed by atoms with E-state index in [-0.39, 0.29) is 40.5 Å². The number of hydrogen-bond donors (Lipinski definition) is 3. The van der Waals surface area contributed by atoms with Crippen molar-refractivity contribution in [2.45, 2.75) is 77.7 Å². The molecule has 3 aliphatic carbocycles. The molecule has 42 heavy (non-hydrogen) atoms. The van der Waals surface area contributed by atoms with Gasteiger partial charge in [0.2, 0.25) is 12.3 Å². The van der Waals surface area contributed by atoms with Crippen molar-refractivity contribution in [1.29, 1.82) is 0 Å². The molecule has 3 fully saturated rings. The molecule has 0 heterocycles. The number of amides is 3. The largest absolute Gasteiger partial charge is 0.372 e. The quantitative estimate of drug-likeness (QED) is 0.277. The van der Waals surface area contributed by atoms with Gasteiger partial charge in [0.05, 0.1) is 6.04 Å². The maximum Gasteiger partial charge on any atom is 0.251 e. The van der Waals surface area contributed by atoms with E-state index in [1.54, 1.807) is 0 Å². The number of hydrogen-bond acceptors (Lipinski definition) is 3. The lowest BCUT2D eigenvalue weighted by atomic mass is 9.53. The number of primary amides is 1. The second kappa shape index (κ2) is 12.9.